The van der Waals surface area contributed by atoms with Crippen LogP contribution in [-0.4, -0.2) is 16.6 Å². The molecule has 0 fully saturated rings. The van der Waals surface area contributed by atoms with Gasteiger partial charge in [0.15, 0.2) is 0 Å². The Morgan fingerprint density at radius 2 is 2.05 bits per heavy atom. The van der Waals surface area contributed by atoms with Crippen LogP contribution in [0, 0.1) is 0 Å². The highest BCUT2D eigenvalue weighted by molar-refractivity contribution is 7.11. The number of thiophene rings is 1. The van der Waals surface area contributed by atoms with Crippen molar-refractivity contribution in [1.82, 2.24) is 10.3 Å². The van der Waals surface area contributed by atoms with Gasteiger partial charge in [-0.3, -0.25) is 0 Å². The average Bonchev–Trinajstić information content (AvgIpc) is 2.99. The quantitative estimate of drug-likeness (QED) is 0.888. The number of nitrogens with one attached hydrogen (secondary N) is 1. The molecule has 0 aliphatic heterocycles. The maximum atomic E-state index is 10.4. The Morgan fingerprint density at radius 3 is 2.60 bits per heavy atom. The molecular weight excluding hydrogens is 288 g/mol. The molecule has 2 heterocycles. The summed E-state index contributed by atoms with van der Waals surface area (Å²) in [5.41, 5.74) is 0.248. The van der Waals surface area contributed by atoms with Crippen LogP contribution in [0.3, 0.4) is 0 Å². The first-order valence-corrected chi connectivity index (χ1v) is 8.46. The van der Waals surface area contributed by atoms with Crippen LogP contribution in [0.5, 0.6) is 0 Å². The Kier molecular flexibility index (Phi) is 4.64. The standard InChI is InChI=1S/C15H22N2OS2/c1-14(2,3)13-17-8-12(20-13)7-16-10-15(4,18)11-5-6-19-9-11/h5-6,8-9,16,18H,7,10H2,1-4H3. The molecule has 1 atom stereocenters. The van der Waals surface area contributed by atoms with Crippen LogP contribution < -0.4 is 5.32 Å². The number of aromatic nitrogens is 1. The Morgan fingerprint density at radius 1 is 1.30 bits per heavy atom. The minimum absolute atomic E-state index is 0.102. The molecule has 2 aromatic heterocycles. The second-order valence-electron chi connectivity index (χ2n) is 6.27. The fourth-order valence-electron chi connectivity index (χ4n) is 1.84. The zero-order valence-electron chi connectivity index (χ0n) is 12.4. The molecule has 1 unspecified atom stereocenters. The van der Waals surface area contributed by atoms with E-state index in [4.69, 9.17) is 0 Å². The zero-order chi connectivity index (χ0) is 14.8. The molecule has 2 rings (SSSR count). The fourth-order valence-corrected chi connectivity index (χ4v) is 3.56. The molecule has 3 nitrogen and oxygen atoms in total. The second kappa shape index (κ2) is 5.93. The number of aliphatic hydroxyl groups is 1. The summed E-state index contributed by atoms with van der Waals surface area (Å²) in [6, 6.07) is 1.97. The molecule has 0 radical (unpaired) electrons. The maximum absolute atomic E-state index is 10.4. The molecule has 0 saturated carbocycles. The molecule has 5 heteroatoms. The van der Waals surface area contributed by atoms with E-state index in [-0.39, 0.29) is 5.41 Å². The van der Waals surface area contributed by atoms with Gasteiger partial charge in [0.1, 0.15) is 0 Å². The van der Waals surface area contributed by atoms with Crippen molar-refractivity contribution in [1.29, 1.82) is 0 Å². The van der Waals surface area contributed by atoms with Crippen molar-refractivity contribution in [2.45, 2.75) is 45.3 Å². The van der Waals surface area contributed by atoms with Gasteiger partial charge in [0.05, 0.1) is 10.6 Å². The molecule has 2 aromatic rings. The first kappa shape index (κ1) is 15.6. The van der Waals surface area contributed by atoms with Gasteiger partial charge in [-0.15, -0.1) is 11.3 Å². The van der Waals surface area contributed by atoms with Crippen molar-refractivity contribution < 1.29 is 5.11 Å². The number of hydrogen-bond donors (Lipinski definition) is 2. The lowest BCUT2D eigenvalue weighted by Crippen LogP contribution is -2.34. The van der Waals surface area contributed by atoms with Crippen LogP contribution in [0.2, 0.25) is 0 Å². The minimum atomic E-state index is -0.822. The van der Waals surface area contributed by atoms with E-state index >= 15 is 0 Å². The van der Waals surface area contributed by atoms with Crippen LogP contribution in [0.25, 0.3) is 0 Å². The number of thiazole rings is 1. The highest BCUT2D eigenvalue weighted by Crippen LogP contribution is 2.27. The van der Waals surface area contributed by atoms with Crippen molar-refractivity contribution in [3.8, 4) is 0 Å². The Bertz CT molecular complexity index is 538. The predicted molar refractivity (Wildman–Crippen MR) is 86.4 cm³/mol. The lowest BCUT2D eigenvalue weighted by Gasteiger charge is -2.22. The summed E-state index contributed by atoms with van der Waals surface area (Å²) in [5, 5.41) is 18.9. The SMILES string of the molecule is CC(C)(C)c1ncc(CNCC(C)(O)c2ccsc2)s1. The summed E-state index contributed by atoms with van der Waals surface area (Å²) in [7, 11) is 0. The molecule has 0 amide bonds. The highest BCUT2D eigenvalue weighted by Gasteiger charge is 2.23. The third-order valence-corrected chi connectivity index (χ3v) is 5.21. The van der Waals surface area contributed by atoms with Gasteiger partial charge in [0, 0.05) is 29.6 Å². The fraction of sp³-hybridized carbons (Fsp3) is 0.533. The first-order chi connectivity index (χ1) is 9.29. The van der Waals surface area contributed by atoms with Gasteiger partial charge in [0.2, 0.25) is 0 Å². The maximum Gasteiger partial charge on any atom is 0.1000 e. The van der Waals surface area contributed by atoms with Gasteiger partial charge in [-0.05, 0) is 29.3 Å². The molecule has 110 valence electrons. The molecule has 0 aromatic carbocycles. The molecular formula is C15H22N2OS2. The van der Waals surface area contributed by atoms with E-state index in [1.54, 1.807) is 22.7 Å². The number of nitrogens with zero attached hydrogens (tertiary/aromatic N) is 1. The van der Waals surface area contributed by atoms with Gasteiger partial charge in [-0.25, -0.2) is 4.98 Å². The Labute approximate surface area is 128 Å². The zero-order valence-corrected chi connectivity index (χ0v) is 14.1. The largest absolute Gasteiger partial charge is 0.384 e. The average molecular weight is 310 g/mol. The second-order valence-corrected chi connectivity index (χ2v) is 8.17. The number of hydrogen-bond acceptors (Lipinski definition) is 5. The summed E-state index contributed by atoms with van der Waals surface area (Å²) in [6.07, 6.45) is 1.93. The Balaban J connectivity index is 1.89. The van der Waals surface area contributed by atoms with Crippen molar-refractivity contribution in [2.75, 3.05) is 6.54 Å². The monoisotopic (exact) mass is 310 g/mol. The van der Waals surface area contributed by atoms with Crippen LogP contribution in [-0.2, 0) is 17.6 Å². The molecule has 0 aliphatic carbocycles. The van der Waals surface area contributed by atoms with E-state index in [2.05, 4.69) is 31.1 Å². The normalized spacial score (nSPS) is 15.2. The van der Waals surface area contributed by atoms with E-state index in [1.165, 1.54) is 4.88 Å². The van der Waals surface area contributed by atoms with Crippen molar-refractivity contribution >= 4 is 22.7 Å². The van der Waals surface area contributed by atoms with Gasteiger partial charge < -0.3 is 10.4 Å². The van der Waals surface area contributed by atoms with E-state index in [0.717, 1.165) is 17.1 Å². The van der Waals surface area contributed by atoms with E-state index in [0.29, 0.717) is 6.54 Å². The van der Waals surface area contributed by atoms with Gasteiger partial charge in [-0.2, -0.15) is 11.3 Å². The summed E-state index contributed by atoms with van der Waals surface area (Å²) in [6.45, 7) is 9.63. The molecule has 0 aliphatic rings. The summed E-state index contributed by atoms with van der Waals surface area (Å²) >= 11 is 3.34. The van der Waals surface area contributed by atoms with Crippen LogP contribution >= 0.6 is 22.7 Å². The van der Waals surface area contributed by atoms with Crippen molar-refractivity contribution in [3.63, 3.8) is 0 Å². The molecule has 2 N–H and O–H groups in total. The summed E-state index contributed by atoms with van der Waals surface area (Å²) in [5.74, 6) is 0. The van der Waals surface area contributed by atoms with Crippen LogP contribution in [0.4, 0.5) is 0 Å². The smallest absolute Gasteiger partial charge is 0.1000 e. The van der Waals surface area contributed by atoms with E-state index in [1.807, 2.05) is 29.9 Å². The van der Waals surface area contributed by atoms with Gasteiger partial charge >= 0.3 is 0 Å². The lowest BCUT2D eigenvalue weighted by atomic mass is 9.98. The topological polar surface area (TPSA) is 45.2 Å². The molecule has 0 bridgehead atoms. The van der Waals surface area contributed by atoms with Gasteiger partial charge in [-0.1, -0.05) is 20.8 Å². The molecule has 20 heavy (non-hydrogen) atoms. The summed E-state index contributed by atoms with van der Waals surface area (Å²) in [4.78, 5) is 5.67. The third-order valence-electron chi connectivity index (χ3n) is 3.11. The third kappa shape index (κ3) is 3.88. The van der Waals surface area contributed by atoms with Crippen LogP contribution in [0.1, 0.15) is 43.1 Å². The first-order valence-electron chi connectivity index (χ1n) is 6.70. The Hall–Kier alpha value is -0.750. The summed E-state index contributed by atoms with van der Waals surface area (Å²) < 4.78 is 0. The highest BCUT2D eigenvalue weighted by atomic mass is 32.1. The predicted octanol–water partition coefficient (Wildman–Crippen LogP) is 3.50. The van der Waals surface area contributed by atoms with E-state index in [9.17, 15) is 5.11 Å². The van der Waals surface area contributed by atoms with Crippen LogP contribution in [0.15, 0.2) is 23.0 Å². The minimum Gasteiger partial charge on any atom is -0.384 e. The van der Waals surface area contributed by atoms with Crippen molar-refractivity contribution in [3.05, 3.63) is 38.5 Å². The molecule has 0 saturated heterocycles. The number of rotatable bonds is 5. The van der Waals surface area contributed by atoms with E-state index < -0.39 is 5.60 Å². The van der Waals surface area contributed by atoms with Crippen molar-refractivity contribution in [2.24, 2.45) is 0 Å². The lowest BCUT2D eigenvalue weighted by molar-refractivity contribution is 0.0572. The van der Waals surface area contributed by atoms with Gasteiger partial charge in [0.25, 0.3) is 0 Å². The molecule has 0 spiro atoms.